The van der Waals surface area contributed by atoms with Crippen LogP contribution in [0, 0.1) is 0 Å². The van der Waals surface area contributed by atoms with E-state index in [1.54, 1.807) is 18.2 Å². The topological polar surface area (TPSA) is 131 Å². The molecule has 0 amide bonds. The van der Waals surface area contributed by atoms with Gasteiger partial charge in [-0.2, -0.15) is 16.8 Å². The molecule has 44 heavy (non-hydrogen) atoms. The quantitative estimate of drug-likeness (QED) is 0.154. The molecule has 0 aliphatic carbocycles. The van der Waals surface area contributed by atoms with Crippen LogP contribution in [0.2, 0.25) is 0 Å². The number of furan rings is 1. The van der Waals surface area contributed by atoms with Gasteiger partial charge in [0, 0.05) is 29.9 Å². The monoisotopic (exact) mass is 630 g/mol. The van der Waals surface area contributed by atoms with E-state index in [1.165, 1.54) is 6.08 Å². The molecule has 9 nitrogen and oxygen atoms in total. The molecule has 2 unspecified atom stereocenters. The zero-order chi connectivity index (χ0) is 30.7. The predicted molar refractivity (Wildman–Crippen MR) is 169 cm³/mol. The molecule has 5 aromatic rings. The summed E-state index contributed by atoms with van der Waals surface area (Å²) in [7, 11) is -9.05. The highest BCUT2D eigenvalue weighted by atomic mass is 32.2. The number of hydrogen-bond acceptors (Lipinski definition) is 6. The number of quaternary nitrogens is 1. The lowest BCUT2D eigenvalue weighted by atomic mass is 10.0. The van der Waals surface area contributed by atoms with Crippen molar-refractivity contribution in [1.82, 2.24) is 4.48 Å². The van der Waals surface area contributed by atoms with Gasteiger partial charge in [0.1, 0.15) is 17.1 Å². The minimum Gasteiger partial charge on any atom is -0.456 e. The number of nitrogens with zero attached hydrogens (tertiary/aromatic N) is 1. The molecule has 0 saturated carbocycles. The number of rotatable bonds is 6. The first-order chi connectivity index (χ1) is 21.0. The van der Waals surface area contributed by atoms with E-state index in [1.807, 2.05) is 78.9 Å². The van der Waals surface area contributed by atoms with E-state index in [2.05, 4.69) is 0 Å². The van der Waals surface area contributed by atoms with Gasteiger partial charge in [-0.3, -0.25) is 9.11 Å². The first-order valence-electron chi connectivity index (χ1n) is 14.0. The van der Waals surface area contributed by atoms with Crippen LogP contribution in [0.15, 0.2) is 107 Å². The van der Waals surface area contributed by atoms with Crippen LogP contribution in [0.25, 0.3) is 39.3 Å². The molecule has 2 atom stereocenters. The molecule has 2 aliphatic heterocycles. The Bertz CT molecular complexity index is 2160. The average Bonchev–Trinajstić information content (AvgIpc) is 3.68. The lowest BCUT2D eigenvalue weighted by molar-refractivity contribution is 0.275. The maximum absolute atomic E-state index is 12.8. The van der Waals surface area contributed by atoms with Crippen molar-refractivity contribution in [3.8, 4) is 28.0 Å². The third kappa shape index (κ3) is 4.92. The van der Waals surface area contributed by atoms with Gasteiger partial charge in [-0.25, -0.2) is 4.48 Å². The predicted octanol–water partition coefficient (Wildman–Crippen LogP) is 6.86. The SMILES string of the molecule is O=S(=O)(O)Cc1c(C=C2Oc3ccc(-c4ccccc4)cc3[N+]23CCCC3S(=O)(=O)O)oc2ccc(-c3ccccc3)cc12. The summed E-state index contributed by atoms with van der Waals surface area (Å²) in [6.45, 7) is 0.313. The minimum absolute atomic E-state index is 0.104. The van der Waals surface area contributed by atoms with Gasteiger partial charge in [0.05, 0.1) is 12.6 Å². The fourth-order valence-electron chi connectivity index (χ4n) is 6.50. The Hall–Kier alpha value is -4.26. The highest BCUT2D eigenvalue weighted by Gasteiger charge is 2.59. The van der Waals surface area contributed by atoms with Crippen LogP contribution in [0.5, 0.6) is 5.75 Å². The molecule has 1 saturated heterocycles. The van der Waals surface area contributed by atoms with E-state index in [0.717, 1.165) is 22.3 Å². The van der Waals surface area contributed by atoms with Crippen LogP contribution in [0.1, 0.15) is 24.2 Å². The molecular weight excluding hydrogens is 602 g/mol. The summed E-state index contributed by atoms with van der Waals surface area (Å²) in [6.07, 6.45) is 2.17. The molecule has 2 N–H and O–H groups in total. The van der Waals surface area contributed by atoms with Crippen molar-refractivity contribution < 1.29 is 35.1 Å². The van der Waals surface area contributed by atoms with Crippen LogP contribution < -0.4 is 9.22 Å². The Morgan fingerprint density at radius 2 is 1.43 bits per heavy atom. The summed E-state index contributed by atoms with van der Waals surface area (Å²) >= 11 is 0. The van der Waals surface area contributed by atoms with Gasteiger partial charge >= 0.3 is 16.0 Å². The van der Waals surface area contributed by atoms with Crippen LogP contribution in [-0.4, -0.2) is 37.9 Å². The Morgan fingerprint density at radius 1 is 0.795 bits per heavy atom. The highest BCUT2D eigenvalue weighted by Crippen LogP contribution is 2.53. The van der Waals surface area contributed by atoms with Gasteiger partial charge in [0.2, 0.25) is 5.37 Å². The smallest absolute Gasteiger partial charge is 0.320 e. The van der Waals surface area contributed by atoms with E-state index >= 15 is 0 Å². The van der Waals surface area contributed by atoms with Crippen molar-refractivity contribution in [3.63, 3.8) is 0 Å². The van der Waals surface area contributed by atoms with Gasteiger partial charge in [0.25, 0.3) is 10.1 Å². The molecule has 1 aromatic heterocycles. The number of benzene rings is 4. The molecule has 3 heterocycles. The van der Waals surface area contributed by atoms with Crippen molar-refractivity contribution in [2.45, 2.75) is 24.0 Å². The summed E-state index contributed by atoms with van der Waals surface area (Å²) in [5, 5.41) is -0.767. The Morgan fingerprint density at radius 3 is 2.07 bits per heavy atom. The van der Waals surface area contributed by atoms with Crippen molar-refractivity contribution in [2.75, 3.05) is 6.54 Å². The van der Waals surface area contributed by atoms with Crippen LogP contribution in [-0.2, 0) is 26.0 Å². The van der Waals surface area contributed by atoms with E-state index in [4.69, 9.17) is 9.15 Å². The summed E-state index contributed by atoms with van der Waals surface area (Å²) < 4.78 is 82.7. The summed E-state index contributed by atoms with van der Waals surface area (Å²) in [6, 6.07) is 30.1. The highest BCUT2D eigenvalue weighted by molar-refractivity contribution is 7.86. The zero-order valence-electron chi connectivity index (χ0n) is 23.3. The fourth-order valence-corrected chi connectivity index (χ4v) is 8.41. The largest absolute Gasteiger partial charge is 0.456 e. The van der Waals surface area contributed by atoms with E-state index in [-0.39, 0.29) is 28.1 Å². The molecule has 0 bridgehead atoms. The van der Waals surface area contributed by atoms with Crippen molar-refractivity contribution in [1.29, 1.82) is 0 Å². The second-order valence-corrected chi connectivity index (χ2v) is 14.1. The van der Waals surface area contributed by atoms with Crippen LogP contribution >= 0.6 is 0 Å². The molecule has 7 rings (SSSR count). The molecule has 2 aliphatic rings. The van der Waals surface area contributed by atoms with E-state index < -0.39 is 31.4 Å². The lowest BCUT2D eigenvalue weighted by Gasteiger charge is -2.32. The number of hydrogen-bond donors (Lipinski definition) is 2. The normalized spacial score (nSPS) is 20.8. The molecule has 4 aromatic carbocycles. The molecule has 1 fully saturated rings. The van der Waals surface area contributed by atoms with Gasteiger partial charge in [-0.1, -0.05) is 72.8 Å². The fraction of sp³-hybridized carbons (Fsp3) is 0.152. The first-order valence-corrected chi connectivity index (χ1v) is 17.1. The van der Waals surface area contributed by atoms with Gasteiger partial charge in [0.15, 0.2) is 11.4 Å². The van der Waals surface area contributed by atoms with Gasteiger partial charge < -0.3 is 9.15 Å². The minimum atomic E-state index is -4.55. The summed E-state index contributed by atoms with van der Waals surface area (Å²) in [5.74, 6) is -0.0357. The lowest BCUT2D eigenvalue weighted by Crippen LogP contribution is -2.53. The van der Waals surface area contributed by atoms with E-state index in [0.29, 0.717) is 35.4 Å². The second-order valence-electron chi connectivity index (χ2n) is 11.1. The average molecular weight is 631 g/mol. The number of fused-ring (bicyclic) bond motifs is 3. The number of ether oxygens (including phenoxy) is 1. The van der Waals surface area contributed by atoms with Crippen molar-refractivity contribution >= 4 is 43.0 Å². The maximum Gasteiger partial charge on any atom is 0.320 e. The summed E-state index contributed by atoms with van der Waals surface area (Å²) in [4.78, 5) is 0. The first kappa shape index (κ1) is 28.5. The zero-order valence-corrected chi connectivity index (χ0v) is 25.0. The maximum atomic E-state index is 12.8. The molecular formula is C33H28NO8S2+. The van der Waals surface area contributed by atoms with Crippen molar-refractivity contribution in [2.24, 2.45) is 0 Å². The van der Waals surface area contributed by atoms with Crippen LogP contribution in [0.3, 0.4) is 0 Å². The third-order valence-electron chi connectivity index (χ3n) is 8.41. The summed E-state index contributed by atoms with van der Waals surface area (Å²) in [5.41, 5.74) is 4.66. The van der Waals surface area contributed by atoms with Crippen molar-refractivity contribution in [3.05, 3.63) is 114 Å². The molecule has 0 radical (unpaired) electrons. The van der Waals surface area contributed by atoms with E-state index in [9.17, 15) is 25.9 Å². The van der Waals surface area contributed by atoms with Gasteiger partial charge in [-0.15, -0.1) is 0 Å². The molecule has 224 valence electrons. The van der Waals surface area contributed by atoms with Crippen LogP contribution in [0.4, 0.5) is 5.69 Å². The molecule has 11 heteroatoms. The Labute approximate surface area is 254 Å². The Kier molecular flexibility index (Phi) is 6.76. The second kappa shape index (κ2) is 10.4. The van der Waals surface area contributed by atoms with Gasteiger partial charge in [-0.05, 0) is 40.5 Å². The Balaban J connectivity index is 1.44. The third-order valence-corrected chi connectivity index (χ3v) is 10.3. The standard InChI is InChI=1S/C33H27NO8S2/c35-43(36,37)21-27-26-18-24(22-8-3-1-4-9-22)13-15-29(26)41-31(27)20-32-34(17-7-12-33(34)44(38,39)40)28-19-25(14-16-30(28)42-32)23-10-5-2-6-11-23/h1-6,8-11,13-16,18-20,33H,7,12,17,21H2,(H-,35,36,37,38,39,40)/p+1. The molecule has 1 spiro atoms.